The van der Waals surface area contributed by atoms with E-state index in [2.05, 4.69) is 18.7 Å². The molecule has 1 saturated heterocycles. The van der Waals surface area contributed by atoms with E-state index in [4.69, 9.17) is 4.74 Å². The fourth-order valence-corrected chi connectivity index (χ4v) is 4.03. The van der Waals surface area contributed by atoms with Gasteiger partial charge in [-0.3, -0.25) is 9.59 Å². The molecule has 3 rings (SSSR count). The molecule has 0 saturated carbocycles. The van der Waals surface area contributed by atoms with Crippen LogP contribution < -0.4 is 4.74 Å². The fraction of sp³-hybridized carbons (Fsp3) is 0.385. The van der Waals surface area contributed by atoms with Gasteiger partial charge in [0, 0.05) is 18.7 Å². The van der Waals surface area contributed by atoms with Crippen molar-refractivity contribution in [1.82, 2.24) is 9.80 Å². The number of carbonyl (C=O) groups excluding carboxylic acids is 2. The molecule has 6 heteroatoms. The number of nitrogens with zero attached hydrogens (tertiary/aromatic N) is 2. The van der Waals surface area contributed by atoms with Crippen LogP contribution in [0.3, 0.4) is 0 Å². The van der Waals surface area contributed by atoms with Crippen LogP contribution in [0.2, 0.25) is 0 Å². The van der Waals surface area contributed by atoms with Crippen LogP contribution in [0.4, 0.5) is 0 Å². The largest absolute Gasteiger partial charge is 0.507 e. The van der Waals surface area contributed by atoms with Gasteiger partial charge in [0.25, 0.3) is 11.7 Å². The molecule has 32 heavy (non-hydrogen) atoms. The number of hydrogen-bond acceptors (Lipinski definition) is 5. The molecule has 1 unspecified atom stereocenters. The Bertz CT molecular complexity index is 980. The first-order chi connectivity index (χ1) is 15.4. The topological polar surface area (TPSA) is 70.1 Å². The average Bonchev–Trinajstić information content (AvgIpc) is 3.04. The van der Waals surface area contributed by atoms with Gasteiger partial charge in [-0.2, -0.15) is 0 Å². The minimum Gasteiger partial charge on any atom is -0.507 e. The zero-order chi connectivity index (χ0) is 23.3. The van der Waals surface area contributed by atoms with Crippen molar-refractivity contribution in [2.45, 2.75) is 39.8 Å². The van der Waals surface area contributed by atoms with Crippen molar-refractivity contribution in [2.24, 2.45) is 0 Å². The van der Waals surface area contributed by atoms with Gasteiger partial charge in [0.2, 0.25) is 0 Å². The van der Waals surface area contributed by atoms with Gasteiger partial charge in [0.15, 0.2) is 0 Å². The van der Waals surface area contributed by atoms with Gasteiger partial charge in [-0.25, -0.2) is 0 Å². The SMILES string of the molecule is CCN(CC)CCN1C(=O)C(=O)/C(=C(\O)c2cccc(OC(C)C)c2)C1c1ccccc1. The number of hydrogen-bond donors (Lipinski definition) is 1. The van der Waals surface area contributed by atoms with Crippen LogP contribution in [0.5, 0.6) is 5.75 Å². The molecule has 1 aliphatic heterocycles. The lowest BCUT2D eigenvalue weighted by Crippen LogP contribution is -2.38. The zero-order valence-electron chi connectivity index (χ0n) is 19.2. The Morgan fingerprint density at radius 1 is 1.06 bits per heavy atom. The normalized spacial score (nSPS) is 18.1. The molecule has 1 fully saturated rings. The molecular formula is C26H32N2O4. The number of aliphatic hydroxyl groups excluding tert-OH is 1. The lowest BCUT2D eigenvalue weighted by atomic mass is 9.95. The molecule has 1 N–H and O–H groups in total. The number of likely N-dealkylation sites (tertiary alicyclic amines) is 1. The van der Waals surface area contributed by atoms with Crippen LogP contribution in [-0.2, 0) is 9.59 Å². The summed E-state index contributed by atoms with van der Waals surface area (Å²) in [6, 6.07) is 15.7. The van der Waals surface area contributed by atoms with Gasteiger partial charge in [-0.1, -0.05) is 56.3 Å². The molecule has 0 aromatic heterocycles. The Morgan fingerprint density at radius 2 is 1.75 bits per heavy atom. The van der Waals surface area contributed by atoms with Gasteiger partial charge < -0.3 is 19.6 Å². The number of rotatable bonds is 9. The van der Waals surface area contributed by atoms with Crippen molar-refractivity contribution >= 4 is 17.4 Å². The zero-order valence-corrected chi connectivity index (χ0v) is 19.2. The summed E-state index contributed by atoms with van der Waals surface area (Å²) < 4.78 is 5.74. The number of Topliss-reactive ketones (excluding diaryl/α,β-unsaturated/α-hetero) is 1. The molecule has 1 atom stereocenters. The van der Waals surface area contributed by atoms with E-state index in [9.17, 15) is 14.7 Å². The van der Waals surface area contributed by atoms with E-state index in [0.717, 1.165) is 18.7 Å². The minimum atomic E-state index is -0.661. The lowest BCUT2D eigenvalue weighted by Gasteiger charge is -2.28. The van der Waals surface area contributed by atoms with E-state index < -0.39 is 17.7 Å². The summed E-state index contributed by atoms with van der Waals surface area (Å²) in [5, 5.41) is 11.2. The van der Waals surface area contributed by atoms with Crippen molar-refractivity contribution < 1.29 is 19.4 Å². The summed E-state index contributed by atoms with van der Waals surface area (Å²) >= 11 is 0. The van der Waals surface area contributed by atoms with Crippen LogP contribution in [0.1, 0.15) is 44.9 Å². The van der Waals surface area contributed by atoms with Crippen LogP contribution >= 0.6 is 0 Å². The van der Waals surface area contributed by atoms with Crippen molar-refractivity contribution in [3.05, 3.63) is 71.3 Å². The third-order valence-electron chi connectivity index (χ3n) is 5.69. The van der Waals surface area contributed by atoms with Gasteiger partial charge in [0.1, 0.15) is 11.5 Å². The Kier molecular flexibility index (Phi) is 7.70. The van der Waals surface area contributed by atoms with E-state index in [0.29, 0.717) is 24.4 Å². The summed E-state index contributed by atoms with van der Waals surface area (Å²) in [7, 11) is 0. The summed E-state index contributed by atoms with van der Waals surface area (Å²) in [6.07, 6.45) is -0.0256. The van der Waals surface area contributed by atoms with Crippen LogP contribution in [0.15, 0.2) is 60.2 Å². The van der Waals surface area contributed by atoms with Crippen molar-refractivity contribution in [3.8, 4) is 5.75 Å². The first-order valence-electron chi connectivity index (χ1n) is 11.2. The van der Waals surface area contributed by atoms with Crippen LogP contribution in [-0.4, -0.2) is 58.9 Å². The van der Waals surface area contributed by atoms with Crippen LogP contribution in [0, 0.1) is 0 Å². The Balaban J connectivity index is 2.06. The molecular weight excluding hydrogens is 404 g/mol. The predicted octanol–water partition coefficient (Wildman–Crippen LogP) is 4.24. The summed E-state index contributed by atoms with van der Waals surface area (Å²) in [6.45, 7) is 10.8. The van der Waals surface area contributed by atoms with E-state index in [1.54, 1.807) is 29.2 Å². The molecule has 0 spiro atoms. The van der Waals surface area contributed by atoms with Crippen molar-refractivity contribution in [1.29, 1.82) is 0 Å². The highest BCUT2D eigenvalue weighted by atomic mass is 16.5. The summed E-state index contributed by atoms with van der Waals surface area (Å²) in [5.74, 6) is -0.832. The van der Waals surface area contributed by atoms with Crippen molar-refractivity contribution in [3.63, 3.8) is 0 Å². The number of ketones is 1. The standard InChI is InChI=1S/C26H32N2O4/c1-5-27(6-2)15-16-28-23(19-11-8-7-9-12-19)22(25(30)26(28)31)24(29)20-13-10-14-21(17-20)32-18(3)4/h7-14,17-18,23,29H,5-6,15-16H2,1-4H3/b24-22-. The fourth-order valence-electron chi connectivity index (χ4n) is 4.03. The molecule has 1 amide bonds. The predicted molar refractivity (Wildman–Crippen MR) is 125 cm³/mol. The monoisotopic (exact) mass is 436 g/mol. The molecule has 1 heterocycles. The van der Waals surface area contributed by atoms with E-state index in [1.807, 2.05) is 44.2 Å². The second kappa shape index (κ2) is 10.5. The first kappa shape index (κ1) is 23.5. The van der Waals surface area contributed by atoms with Gasteiger partial charge in [-0.15, -0.1) is 0 Å². The van der Waals surface area contributed by atoms with E-state index >= 15 is 0 Å². The van der Waals surface area contributed by atoms with Crippen LogP contribution in [0.25, 0.3) is 5.76 Å². The first-order valence-corrected chi connectivity index (χ1v) is 11.2. The van der Waals surface area contributed by atoms with E-state index in [-0.39, 0.29) is 17.4 Å². The van der Waals surface area contributed by atoms with Gasteiger partial charge in [-0.05, 0) is 44.6 Å². The number of carbonyl (C=O) groups is 2. The molecule has 0 bridgehead atoms. The molecule has 170 valence electrons. The average molecular weight is 437 g/mol. The molecule has 1 aliphatic rings. The number of benzene rings is 2. The quantitative estimate of drug-likeness (QED) is 0.362. The lowest BCUT2D eigenvalue weighted by molar-refractivity contribution is -0.140. The second-order valence-corrected chi connectivity index (χ2v) is 8.12. The molecule has 2 aromatic carbocycles. The smallest absolute Gasteiger partial charge is 0.295 e. The number of ether oxygens (including phenoxy) is 1. The second-order valence-electron chi connectivity index (χ2n) is 8.12. The maximum atomic E-state index is 13.1. The highest BCUT2D eigenvalue weighted by Crippen LogP contribution is 2.39. The maximum Gasteiger partial charge on any atom is 0.295 e. The third-order valence-corrected chi connectivity index (χ3v) is 5.69. The Hall–Kier alpha value is -3.12. The highest BCUT2D eigenvalue weighted by molar-refractivity contribution is 6.46. The maximum absolute atomic E-state index is 13.1. The van der Waals surface area contributed by atoms with Crippen molar-refractivity contribution in [2.75, 3.05) is 26.2 Å². The third kappa shape index (κ3) is 5.02. The minimum absolute atomic E-state index is 0.0256. The van der Waals surface area contributed by atoms with Gasteiger partial charge in [0.05, 0.1) is 17.7 Å². The Morgan fingerprint density at radius 3 is 2.38 bits per heavy atom. The number of amides is 1. The summed E-state index contributed by atoms with van der Waals surface area (Å²) in [5.41, 5.74) is 1.36. The number of aliphatic hydroxyl groups is 1. The molecule has 6 nitrogen and oxygen atoms in total. The molecule has 0 aliphatic carbocycles. The van der Waals surface area contributed by atoms with E-state index in [1.165, 1.54) is 0 Å². The van der Waals surface area contributed by atoms with Gasteiger partial charge >= 0.3 is 0 Å². The number of likely N-dealkylation sites (N-methyl/N-ethyl adjacent to an activating group) is 1. The highest BCUT2D eigenvalue weighted by Gasteiger charge is 2.45. The molecule has 2 aromatic rings. The molecule has 0 radical (unpaired) electrons. The Labute approximate surface area is 190 Å². The summed E-state index contributed by atoms with van der Waals surface area (Å²) in [4.78, 5) is 29.9.